The average molecular weight is 348 g/mol. The highest BCUT2D eigenvalue weighted by Crippen LogP contribution is 2.20. The van der Waals surface area contributed by atoms with E-state index >= 15 is 0 Å². The lowest BCUT2D eigenvalue weighted by Gasteiger charge is -2.34. The lowest BCUT2D eigenvalue weighted by molar-refractivity contribution is -0.121. The van der Waals surface area contributed by atoms with Crippen LogP contribution in [0.2, 0.25) is 0 Å². The Labute approximate surface area is 153 Å². The van der Waals surface area contributed by atoms with E-state index in [9.17, 15) is 4.79 Å². The van der Waals surface area contributed by atoms with Crippen molar-refractivity contribution >= 4 is 22.6 Å². The summed E-state index contributed by atoms with van der Waals surface area (Å²) in [4.78, 5) is 22.4. The number of carbonyl (C=O) groups excluding carboxylic acids is 1. The molecule has 1 atom stereocenters. The van der Waals surface area contributed by atoms with E-state index in [1.165, 1.54) is 10.9 Å². The number of piperidine rings is 1. The number of pyridine rings is 1. The molecule has 3 aromatic rings. The SMILES string of the molecule is O=C(CCc1c[nH]c2ccccc12)NC1CCCN(c2ccccn2)C1. The van der Waals surface area contributed by atoms with Gasteiger partial charge in [-0.2, -0.15) is 0 Å². The molecule has 1 saturated heterocycles. The Balaban J connectivity index is 1.32. The number of hydrogen-bond donors (Lipinski definition) is 2. The Kier molecular flexibility index (Phi) is 4.86. The second-order valence-electron chi connectivity index (χ2n) is 6.90. The van der Waals surface area contributed by atoms with Gasteiger partial charge in [0.25, 0.3) is 0 Å². The predicted molar refractivity (Wildman–Crippen MR) is 104 cm³/mol. The van der Waals surface area contributed by atoms with E-state index in [0.29, 0.717) is 6.42 Å². The molecule has 4 rings (SSSR count). The van der Waals surface area contributed by atoms with Crippen LogP contribution in [0.25, 0.3) is 10.9 Å². The second-order valence-corrected chi connectivity index (χ2v) is 6.90. The van der Waals surface area contributed by atoms with Gasteiger partial charge in [0, 0.05) is 48.8 Å². The molecule has 1 aromatic carbocycles. The minimum atomic E-state index is 0.128. The maximum Gasteiger partial charge on any atom is 0.220 e. The van der Waals surface area contributed by atoms with E-state index in [-0.39, 0.29) is 11.9 Å². The summed E-state index contributed by atoms with van der Waals surface area (Å²) in [6.45, 7) is 1.83. The molecule has 0 bridgehead atoms. The van der Waals surface area contributed by atoms with E-state index in [1.54, 1.807) is 0 Å². The molecule has 3 heterocycles. The van der Waals surface area contributed by atoms with Crippen LogP contribution in [0.4, 0.5) is 5.82 Å². The summed E-state index contributed by atoms with van der Waals surface area (Å²) in [5.41, 5.74) is 2.33. The van der Waals surface area contributed by atoms with E-state index in [4.69, 9.17) is 0 Å². The molecule has 0 aliphatic carbocycles. The second kappa shape index (κ2) is 7.60. The first-order chi connectivity index (χ1) is 12.8. The standard InChI is InChI=1S/C21H24N4O/c26-21(11-10-16-14-23-19-8-2-1-7-18(16)19)24-17-6-5-13-25(15-17)20-9-3-4-12-22-20/h1-4,7-9,12,14,17,23H,5-6,10-11,13,15H2,(H,24,26). The largest absolute Gasteiger partial charge is 0.361 e. The van der Waals surface area contributed by atoms with Crippen molar-refractivity contribution < 1.29 is 4.79 Å². The van der Waals surface area contributed by atoms with Gasteiger partial charge in [0.05, 0.1) is 0 Å². The Morgan fingerprint density at radius 3 is 3.00 bits per heavy atom. The van der Waals surface area contributed by atoms with Gasteiger partial charge in [-0.1, -0.05) is 24.3 Å². The zero-order chi connectivity index (χ0) is 17.8. The van der Waals surface area contributed by atoms with Crippen molar-refractivity contribution in [3.8, 4) is 0 Å². The van der Waals surface area contributed by atoms with Crippen molar-refractivity contribution in [3.63, 3.8) is 0 Å². The molecule has 0 spiro atoms. The van der Waals surface area contributed by atoms with Crippen molar-refractivity contribution in [1.82, 2.24) is 15.3 Å². The first-order valence-electron chi connectivity index (χ1n) is 9.30. The van der Waals surface area contributed by atoms with Crippen molar-refractivity contribution in [1.29, 1.82) is 0 Å². The zero-order valence-electron chi connectivity index (χ0n) is 14.8. The smallest absolute Gasteiger partial charge is 0.220 e. The van der Waals surface area contributed by atoms with E-state index < -0.39 is 0 Å². The highest BCUT2D eigenvalue weighted by atomic mass is 16.1. The van der Waals surface area contributed by atoms with Crippen molar-refractivity contribution in [3.05, 3.63) is 60.4 Å². The number of aromatic amines is 1. The maximum absolute atomic E-state index is 12.4. The van der Waals surface area contributed by atoms with Gasteiger partial charge in [0.2, 0.25) is 5.91 Å². The predicted octanol–water partition coefficient (Wildman–Crippen LogP) is 3.28. The number of aryl methyl sites for hydroxylation is 1. The van der Waals surface area contributed by atoms with E-state index in [2.05, 4.69) is 32.3 Å². The molecular formula is C21H24N4O. The van der Waals surface area contributed by atoms with Crippen LogP contribution in [0, 0.1) is 0 Å². The minimum Gasteiger partial charge on any atom is -0.361 e. The molecule has 2 aromatic heterocycles. The van der Waals surface area contributed by atoms with Crippen molar-refractivity contribution in [2.75, 3.05) is 18.0 Å². The number of anilines is 1. The number of H-pyrrole nitrogens is 1. The van der Waals surface area contributed by atoms with Crippen LogP contribution in [0.3, 0.4) is 0 Å². The summed E-state index contributed by atoms with van der Waals surface area (Å²) < 4.78 is 0. The molecule has 0 saturated carbocycles. The number of amides is 1. The van der Waals surface area contributed by atoms with Crippen molar-refractivity contribution in [2.24, 2.45) is 0 Å². The van der Waals surface area contributed by atoms with Gasteiger partial charge in [-0.25, -0.2) is 4.98 Å². The summed E-state index contributed by atoms with van der Waals surface area (Å²) in [5.74, 6) is 1.12. The van der Waals surface area contributed by atoms with Crippen molar-refractivity contribution in [2.45, 2.75) is 31.7 Å². The molecule has 1 amide bonds. The summed E-state index contributed by atoms with van der Waals surface area (Å²) in [7, 11) is 0. The first kappa shape index (κ1) is 16.6. The van der Waals surface area contributed by atoms with Gasteiger partial charge in [-0.3, -0.25) is 4.79 Å². The fraction of sp³-hybridized carbons (Fsp3) is 0.333. The number of aromatic nitrogens is 2. The zero-order valence-corrected chi connectivity index (χ0v) is 14.8. The summed E-state index contributed by atoms with van der Waals surface area (Å²) in [6.07, 6.45) is 7.21. The number of nitrogens with one attached hydrogen (secondary N) is 2. The number of hydrogen-bond acceptors (Lipinski definition) is 3. The van der Waals surface area contributed by atoms with E-state index in [0.717, 1.165) is 43.7 Å². The molecular weight excluding hydrogens is 324 g/mol. The molecule has 134 valence electrons. The molecule has 1 aliphatic heterocycles. The normalized spacial score (nSPS) is 17.4. The van der Waals surface area contributed by atoms with Gasteiger partial charge < -0.3 is 15.2 Å². The summed E-state index contributed by atoms with van der Waals surface area (Å²) in [5, 5.41) is 4.42. The molecule has 5 heteroatoms. The average Bonchev–Trinajstić information content (AvgIpc) is 3.10. The Morgan fingerprint density at radius 2 is 2.12 bits per heavy atom. The Bertz CT molecular complexity index is 874. The van der Waals surface area contributed by atoms with Crippen LogP contribution in [0.5, 0.6) is 0 Å². The quantitative estimate of drug-likeness (QED) is 0.744. The highest BCUT2D eigenvalue weighted by Gasteiger charge is 2.22. The van der Waals surface area contributed by atoms with Crippen LogP contribution in [-0.4, -0.2) is 35.0 Å². The van der Waals surface area contributed by atoms with Crippen LogP contribution < -0.4 is 10.2 Å². The first-order valence-corrected chi connectivity index (χ1v) is 9.30. The lowest BCUT2D eigenvalue weighted by atomic mass is 10.0. The van der Waals surface area contributed by atoms with Gasteiger partial charge in [0.15, 0.2) is 0 Å². The summed E-state index contributed by atoms with van der Waals surface area (Å²) >= 11 is 0. The molecule has 0 radical (unpaired) electrons. The lowest BCUT2D eigenvalue weighted by Crippen LogP contribution is -2.48. The fourth-order valence-electron chi connectivity index (χ4n) is 3.73. The fourth-order valence-corrected chi connectivity index (χ4v) is 3.73. The van der Waals surface area contributed by atoms with Crippen LogP contribution in [-0.2, 0) is 11.2 Å². The molecule has 26 heavy (non-hydrogen) atoms. The monoisotopic (exact) mass is 348 g/mol. The maximum atomic E-state index is 12.4. The van der Waals surface area contributed by atoms with Gasteiger partial charge in [-0.05, 0) is 43.0 Å². The number of benzene rings is 1. The van der Waals surface area contributed by atoms with E-state index in [1.807, 2.05) is 42.7 Å². The number of nitrogens with zero attached hydrogens (tertiary/aromatic N) is 2. The minimum absolute atomic E-state index is 0.128. The molecule has 5 nitrogen and oxygen atoms in total. The van der Waals surface area contributed by atoms with Gasteiger partial charge in [0.1, 0.15) is 5.82 Å². The number of fused-ring (bicyclic) bond motifs is 1. The van der Waals surface area contributed by atoms with Crippen LogP contribution in [0.1, 0.15) is 24.8 Å². The molecule has 1 unspecified atom stereocenters. The molecule has 1 aliphatic rings. The van der Waals surface area contributed by atoms with Gasteiger partial charge in [-0.15, -0.1) is 0 Å². The highest BCUT2D eigenvalue weighted by molar-refractivity contribution is 5.84. The molecule has 2 N–H and O–H groups in total. The third-order valence-electron chi connectivity index (χ3n) is 5.06. The van der Waals surface area contributed by atoms with Crippen LogP contribution in [0.15, 0.2) is 54.9 Å². The number of carbonyl (C=O) groups is 1. The van der Waals surface area contributed by atoms with Gasteiger partial charge >= 0.3 is 0 Å². The third kappa shape index (κ3) is 3.72. The summed E-state index contributed by atoms with van der Waals surface area (Å²) in [6, 6.07) is 14.4. The Morgan fingerprint density at radius 1 is 1.23 bits per heavy atom. The van der Waals surface area contributed by atoms with Crippen LogP contribution >= 0.6 is 0 Å². The number of para-hydroxylation sites is 1. The topological polar surface area (TPSA) is 61.0 Å². The number of rotatable bonds is 5. The molecule has 1 fully saturated rings. The third-order valence-corrected chi connectivity index (χ3v) is 5.06. The Hall–Kier alpha value is -2.82.